The molecule has 5 saturated heterocycles. The lowest BCUT2D eigenvalue weighted by molar-refractivity contribution is -0.143. The molecule has 4 N–H and O–H groups in total. The summed E-state index contributed by atoms with van der Waals surface area (Å²) in [5.74, 6) is 0.352. The maximum absolute atomic E-state index is 13.9. The van der Waals surface area contributed by atoms with Crippen molar-refractivity contribution < 1.29 is 19.5 Å². The molecule has 5 aliphatic rings. The van der Waals surface area contributed by atoms with E-state index in [1.807, 2.05) is 35.2 Å². The molecule has 4 atom stereocenters. The molecule has 1 aromatic rings. The average Bonchev–Trinajstić information content (AvgIpc) is 3.64. The van der Waals surface area contributed by atoms with Crippen molar-refractivity contribution in [3.05, 3.63) is 30.3 Å². The lowest BCUT2D eigenvalue weighted by Gasteiger charge is -2.44. The van der Waals surface area contributed by atoms with Crippen molar-refractivity contribution in [2.24, 2.45) is 11.8 Å². The Morgan fingerprint density at radius 3 is 2.57 bits per heavy atom. The van der Waals surface area contributed by atoms with E-state index in [0.29, 0.717) is 64.6 Å². The topological polar surface area (TPSA) is 120 Å². The van der Waals surface area contributed by atoms with Crippen LogP contribution in [0.15, 0.2) is 30.3 Å². The van der Waals surface area contributed by atoms with Crippen molar-refractivity contribution >= 4 is 23.4 Å². The summed E-state index contributed by atoms with van der Waals surface area (Å²) in [5.41, 5.74) is 6.58. The summed E-state index contributed by atoms with van der Waals surface area (Å²) in [7, 11) is 0. The van der Waals surface area contributed by atoms with E-state index >= 15 is 0 Å². The van der Waals surface area contributed by atoms with Crippen LogP contribution in [0.4, 0.5) is 5.69 Å². The number of hydrogen-bond donors (Lipinski definition) is 4. The van der Waals surface area contributed by atoms with Crippen molar-refractivity contribution in [2.45, 2.75) is 43.5 Å². The molecule has 3 amide bonds. The van der Waals surface area contributed by atoms with Crippen LogP contribution in [0.2, 0.25) is 0 Å². The Balaban J connectivity index is 1.16. The van der Waals surface area contributed by atoms with E-state index in [1.54, 1.807) is 9.80 Å². The van der Waals surface area contributed by atoms with E-state index in [1.165, 1.54) is 0 Å². The second-order valence-corrected chi connectivity index (χ2v) is 11.2. The first-order chi connectivity index (χ1) is 17.9. The van der Waals surface area contributed by atoms with Crippen LogP contribution in [0, 0.1) is 11.8 Å². The van der Waals surface area contributed by atoms with E-state index in [2.05, 4.69) is 21.1 Å². The minimum absolute atomic E-state index is 0.0116. The highest BCUT2D eigenvalue weighted by Gasteiger charge is 2.55. The molecule has 0 aromatic heterocycles. The summed E-state index contributed by atoms with van der Waals surface area (Å²) in [6.07, 6.45) is 2.24. The van der Waals surface area contributed by atoms with Gasteiger partial charge in [0.05, 0.1) is 24.9 Å². The van der Waals surface area contributed by atoms with E-state index < -0.39 is 11.6 Å². The Morgan fingerprint density at radius 2 is 1.84 bits per heavy atom. The number of piperidine rings is 2. The molecule has 0 bridgehead atoms. The molecular weight excluding hydrogens is 474 g/mol. The van der Waals surface area contributed by atoms with Gasteiger partial charge < -0.3 is 24.7 Å². The molecule has 200 valence electrons. The summed E-state index contributed by atoms with van der Waals surface area (Å²) in [5, 5.41) is 13.3. The van der Waals surface area contributed by atoms with Gasteiger partial charge in [0.15, 0.2) is 0 Å². The summed E-state index contributed by atoms with van der Waals surface area (Å²) in [4.78, 5) is 47.7. The number of likely N-dealkylation sites (tertiary alicyclic amines) is 2. The number of aliphatic hydroxyl groups is 1. The fraction of sp³-hybridized carbons (Fsp3) is 0.654. The highest BCUT2D eigenvalue weighted by atomic mass is 16.3. The number of benzene rings is 1. The van der Waals surface area contributed by atoms with E-state index in [9.17, 15) is 19.5 Å². The fourth-order valence-electron chi connectivity index (χ4n) is 6.79. The summed E-state index contributed by atoms with van der Waals surface area (Å²) in [6.45, 7) is 3.77. The van der Waals surface area contributed by atoms with Crippen LogP contribution in [0.3, 0.4) is 0 Å². The first kappa shape index (κ1) is 24.6. The van der Waals surface area contributed by atoms with Crippen LogP contribution in [-0.4, -0.2) is 108 Å². The van der Waals surface area contributed by atoms with Crippen LogP contribution >= 0.6 is 0 Å². The van der Waals surface area contributed by atoms with Crippen LogP contribution in [-0.2, 0) is 14.4 Å². The number of anilines is 1. The molecule has 3 unspecified atom stereocenters. The highest BCUT2D eigenvalue weighted by molar-refractivity contribution is 5.96. The van der Waals surface area contributed by atoms with Crippen LogP contribution in [0.5, 0.6) is 0 Å². The maximum atomic E-state index is 13.9. The lowest BCUT2D eigenvalue weighted by Crippen LogP contribution is -2.59. The van der Waals surface area contributed by atoms with E-state index in [4.69, 9.17) is 0 Å². The number of nitrogens with one attached hydrogen (secondary N) is 3. The number of nitrogens with zero attached hydrogens (tertiary/aromatic N) is 4. The van der Waals surface area contributed by atoms with Gasteiger partial charge in [-0.25, -0.2) is 5.43 Å². The van der Waals surface area contributed by atoms with Crippen molar-refractivity contribution in [2.75, 3.05) is 57.4 Å². The van der Waals surface area contributed by atoms with Crippen molar-refractivity contribution in [1.29, 1.82) is 0 Å². The van der Waals surface area contributed by atoms with Crippen LogP contribution < -0.4 is 21.1 Å². The Labute approximate surface area is 217 Å². The molecule has 0 saturated carbocycles. The lowest BCUT2D eigenvalue weighted by atomic mass is 9.83. The zero-order valence-corrected chi connectivity index (χ0v) is 21.1. The molecule has 1 aromatic carbocycles. The molecule has 5 aliphatic heterocycles. The number of fused-ring (bicyclic) bond motifs is 1. The minimum atomic E-state index is -0.766. The molecule has 11 heteroatoms. The average molecular weight is 512 g/mol. The Hall–Kier alpha value is -2.73. The van der Waals surface area contributed by atoms with Gasteiger partial charge in [0.2, 0.25) is 11.8 Å². The maximum Gasteiger partial charge on any atom is 0.250 e. The molecule has 11 nitrogen and oxygen atoms in total. The normalized spacial score (nSPS) is 31.3. The monoisotopic (exact) mass is 511 g/mol. The Bertz CT molecular complexity index is 1030. The van der Waals surface area contributed by atoms with E-state index in [0.717, 1.165) is 18.7 Å². The molecular formula is C26H37N7O4. The molecule has 5 heterocycles. The van der Waals surface area contributed by atoms with Gasteiger partial charge >= 0.3 is 0 Å². The SMILES string of the molecule is O=C(CN1CN(c2ccccc2)C2(CCN(C(=O)C3CNC4NNCC4C3)CC2)C1=O)N1CC[C@H](O)C1. The quantitative estimate of drug-likeness (QED) is 0.403. The Morgan fingerprint density at radius 1 is 1.05 bits per heavy atom. The summed E-state index contributed by atoms with van der Waals surface area (Å²) < 4.78 is 0. The zero-order chi connectivity index (χ0) is 25.6. The third-order valence-electron chi connectivity index (χ3n) is 8.94. The van der Waals surface area contributed by atoms with Gasteiger partial charge in [-0.05, 0) is 37.8 Å². The number of aliphatic hydroxyl groups excluding tert-OH is 1. The highest BCUT2D eigenvalue weighted by Crippen LogP contribution is 2.40. The minimum Gasteiger partial charge on any atom is -0.391 e. The predicted molar refractivity (Wildman–Crippen MR) is 136 cm³/mol. The number of amides is 3. The van der Waals surface area contributed by atoms with Gasteiger partial charge in [-0.3, -0.25) is 25.1 Å². The smallest absolute Gasteiger partial charge is 0.250 e. The van der Waals surface area contributed by atoms with Gasteiger partial charge in [0, 0.05) is 50.9 Å². The van der Waals surface area contributed by atoms with Gasteiger partial charge in [0.25, 0.3) is 5.91 Å². The Kier molecular flexibility index (Phi) is 6.56. The standard InChI is InChI=1S/C26H37N7O4/c34-21-6-9-31(15-21)22(35)16-32-17-33(20-4-2-1-3-5-20)26(25(32)37)7-10-30(11-8-26)24(36)19-12-18-14-28-29-23(18)27-13-19/h1-5,18-19,21,23,27-29,34H,6-17H2/t18?,19?,21-,23?/m0/s1. The fourth-order valence-corrected chi connectivity index (χ4v) is 6.79. The van der Waals surface area contributed by atoms with Crippen molar-refractivity contribution in [1.82, 2.24) is 30.9 Å². The molecule has 37 heavy (non-hydrogen) atoms. The predicted octanol–water partition coefficient (Wildman–Crippen LogP) is -1.09. The van der Waals surface area contributed by atoms with Gasteiger partial charge in [0.1, 0.15) is 12.1 Å². The number of carbonyl (C=O) groups excluding carboxylic acids is 3. The summed E-state index contributed by atoms with van der Waals surface area (Å²) >= 11 is 0. The molecule has 0 aliphatic carbocycles. The number of para-hydroxylation sites is 1. The van der Waals surface area contributed by atoms with Gasteiger partial charge in [-0.1, -0.05) is 18.2 Å². The molecule has 5 fully saturated rings. The first-order valence-electron chi connectivity index (χ1n) is 13.5. The van der Waals surface area contributed by atoms with Crippen LogP contribution in [0.1, 0.15) is 25.7 Å². The van der Waals surface area contributed by atoms with Gasteiger partial charge in [-0.2, -0.15) is 0 Å². The number of rotatable bonds is 4. The number of hydrogen-bond acceptors (Lipinski definition) is 8. The first-order valence-corrected chi connectivity index (χ1v) is 13.5. The molecule has 0 radical (unpaired) electrons. The third-order valence-corrected chi connectivity index (χ3v) is 8.94. The zero-order valence-electron chi connectivity index (χ0n) is 21.1. The summed E-state index contributed by atoms with van der Waals surface area (Å²) in [6, 6.07) is 9.88. The second kappa shape index (κ2) is 9.86. The number of carbonyl (C=O) groups is 3. The number of hydrazine groups is 1. The van der Waals surface area contributed by atoms with E-state index in [-0.39, 0.29) is 36.3 Å². The van der Waals surface area contributed by atoms with Gasteiger partial charge in [-0.15, -0.1) is 0 Å². The second-order valence-electron chi connectivity index (χ2n) is 11.2. The third kappa shape index (κ3) is 4.47. The largest absolute Gasteiger partial charge is 0.391 e. The van der Waals surface area contributed by atoms with Crippen molar-refractivity contribution in [3.63, 3.8) is 0 Å². The van der Waals surface area contributed by atoms with Crippen LogP contribution in [0.25, 0.3) is 0 Å². The molecule has 6 rings (SSSR count). The molecule has 1 spiro atoms. The number of β-amino-alcohol motifs (C(OH)–C–C–N with tert-alkyl or cyclic N) is 1. The van der Waals surface area contributed by atoms with Crippen molar-refractivity contribution in [3.8, 4) is 0 Å².